The molecule has 0 radical (unpaired) electrons. The Labute approximate surface area is 253 Å². The molecule has 0 spiro atoms. The Balaban J connectivity index is 0.993. The van der Waals surface area contributed by atoms with Gasteiger partial charge in [0.05, 0.1) is 24.7 Å². The number of ether oxygens (including phenoxy) is 4. The van der Waals surface area contributed by atoms with Gasteiger partial charge in [0.2, 0.25) is 0 Å². The van der Waals surface area contributed by atoms with Gasteiger partial charge in [0, 0.05) is 17.8 Å². The highest BCUT2D eigenvalue weighted by molar-refractivity contribution is 7.86. The van der Waals surface area contributed by atoms with Gasteiger partial charge in [-0.1, -0.05) is 6.92 Å². The van der Waals surface area contributed by atoms with Crippen molar-refractivity contribution in [3.8, 4) is 0 Å². The minimum absolute atomic E-state index is 0.302. The number of fused-ring (bicyclic) bond motifs is 10. The second-order valence-corrected chi connectivity index (χ2v) is 15.8. The summed E-state index contributed by atoms with van der Waals surface area (Å²) >= 11 is 0. The quantitative estimate of drug-likeness (QED) is 0.161. The summed E-state index contributed by atoms with van der Waals surface area (Å²) < 4.78 is 79.8. The predicted octanol–water partition coefficient (Wildman–Crippen LogP) is 3.29. The summed E-state index contributed by atoms with van der Waals surface area (Å²) in [6, 6.07) is 0. The van der Waals surface area contributed by atoms with Gasteiger partial charge >= 0.3 is 39.2 Å². The van der Waals surface area contributed by atoms with Gasteiger partial charge in [-0.3, -0.25) is 23.7 Å². The van der Waals surface area contributed by atoms with Crippen molar-refractivity contribution in [3.05, 3.63) is 0 Å². The van der Waals surface area contributed by atoms with Gasteiger partial charge in [-0.25, -0.2) is 0 Å². The SMILES string of the molecule is CCC1(OC(=O)C2C3CC4C(OC(=O)C42)C3OC(=O)CCC(=O)OC(C)C(F)(F)S(=O)(=O)O)CC2CC1C1C3CCC(C3)C21. The predicted molar refractivity (Wildman–Crippen MR) is 143 cm³/mol. The van der Waals surface area contributed by atoms with Gasteiger partial charge in [0.25, 0.3) is 0 Å². The summed E-state index contributed by atoms with van der Waals surface area (Å²) in [6.07, 6.45) is 1.54. The highest BCUT2D eigenvalue weighted by atomic mass is 32.2. The number of halogens is 2. The molecule has 6 bridgehead atoms. The van der Waals surface area contributed by atoms with Gasteiger partial charge in [0.15, 0.2) is 6.10 Å². The highest BCUT2D eigenvalue weighted by Crippen LogP contribution is 2.71. The summed E-state index contributed by atoms with van der Waals surface area (Å²) in [6.45, 7) is 2.66. The average Bonchev–Trinajstić information content (AvgIpc) is 3.79. The number of rotatable bonds is 10. The zero-order valence-corrected chi connectivity index (χ0v) is 25.4. The van der Waals surface area contributed by atoms with Crippen LogP contribution >= 0.6 is 0 Å². The molecule has 6 saturated carbocycles. The Morgan fingerprint density at radius 1 is 1.05 bits per heavy atom. The van der Waals surface area contributed by atoms with Crippen molar-refractivity contribution in [1.82, 2.24) is 0 Å². The molecule has 11 nitrogen and oxygen atoms in total. The van der Waals surface area contributed by atoms with Gasteiger partial charge in [-0.05, 0) is 81.5 Å². The maximum absolute atomic E-state index is 14.0. The molecule has 14 atom stereocenters. The lowest BCUT2D eigenvalue weighted by Gasteiger charge is -2.46. The Morgan fingerprint density at radius 3 is 2.41 bits per heavy atom. The number of alkyl halides is 2. The maximum atomic E-state index is 14.0. The second-order valence-electron chi connectivity index (χ2n) is 14.3. The summed E-state index contributed by atoms with van der Waals surface area (Å²) in [5.74, 6) is -1.64. The van der Waals surface area contributed by atoms with Crippen molar-refractivity contribution in [1.29, 1.82) is 0 Å². The summed E-state index contributed by atoms with van der Waals surface area (Å²) in [5, 5.41) is -4.73. The molecule has 14 unspecified atom stereocenters. The number of hydrogen-bond donors (Lipinski definition) is 1. The first kappa shape index (κ1) is 30.3. The van der Waals surface area contributed by atoms with E-state index in [0.717, 1.165) is 24.7 Å². The summed E-state index contributed by atoms with van der Waals surface area (Å²) in [4.78, 5) is 51.6. The van der Waals surface area contributed by atoms with Crippen LogP contribution in [0.1, 0.15) is 71.6 Å². The van der Waals surface area contributed by atoms with E-state index >= 15 is 0 Å². The smallest absolute Gasteiger partial charge is 0.405 e. The number of esters is 4. The van der Waals surface area contributed by atoms with E-state index < -0.39 is 93.8 Å². The minimum Gasteiger partial charge on any atom is -0.459 e. The van der Waals surface area contributed by atoms with Gasteiger partial charge in [-0.2, -0.15) is 17.2 Å². The Morgan fingerprint density at radius 2 is 1.73 bits per heavy atom. The molecule has 0 aromatic heterocycles. The van der Waals surface area contributed by atoms with Gasteiger partial charge in [-0.15, -0.1) is 0 Å². The molecular weight excluding hydrogens is 606 g/mol. The molecule has 0 amide bonds. The van der Waals surface area contributed by atoms with E-state index in [2.05, 4.69) is 11.7 Å². The molecule has 7 fully saturated rings. The minimum atomic E-state index is -5.82. The van der Waals surface area contributed by atoms with E-state index in [0.29, 0.717) is 43.4 Å². The molecule has 1 N–H and O–H groups in total. The molecule has 1 aliphatic heterocycles. The standard InChI is InChI=1S/C30H38F2O11S/c1-3-29(11-15-9-18(29)22-14-5-4-13(8-14)21(15)22)43-28(36)24-17-10-16-23(24)27(35)42-26(16)25(17)41-20(34)7-6-19(33)40-12(2)30(31,32)44(37,38)39/h12-18,21-26H,3-11H2,1-2H3,(H,37,38,39). The van der Waals surface area contributed by atoms with Crippen LogP contribution in [0.4, 0.5) is 8.78 Å². The third kappa shape index (κ3) is 4.28. The fraction of sp³-hybridized carbons (Fsp3) is 0.867. The van der Waals surface area contributed by atoms with E-state index in [1.165, 1.54) is 19.3 Å². The molecule has 14 heteroatoms. The van der Waals surface area contributed by atoms with Crippen LogP contribution in [0, 0.1) is 59.2 Å². The van der Waals surface area contributed by atoms with Crippen LogP contribution in [0.3, 0.4) is 0 Å². The summed E-state index contributed by atoms with van der Waals surface area (Å²) in [5.41, 5.74) is -0.549. The Kier molecular flexibility index (Phi) is 6.94. The maximum Gasteiger partial charge on any atom is 0.405 e. The Hall–Kier alpha value is -2.35. The first-order valence-electron chi connectivity index (χ1n) is 15.8. The monoisotopic (exact) mass is 644 g/mol. The molecule has 0 aromatic carbocycles. The van der Waals surface area contributed by atoms with Crippen LogP contribution in [0.2, 0.25) is 0 Å². The van der Waals surface area contributed by atoms with Crippen LogP contribution < -0.4 is 0 Å². The van der Waals surface area contributed by atoms with Gasteiger partial charge < -0.3 is 18.9 Å². The molecule has 0 aromatic rings. The topological polar surface area (TPSA) is 160 Å². The van der Waals surface area contributed by atoms with Crippen LogP contribution in [-0.4, -0.2) is 66.0 Å². The van der Waals surface area contributed by atoms with E-state index in [9.17, 15) is 36.4 Å². The molecule has 244 valence electrons. The van der Waals surface area contributed by atoms with E-state index in [-0.39, 0.29) is 5.92 Å². The van der Waals surface area contributed by atoms with Crippen molar-refractivity contribution in [2.75, 3.05) is 0 Å². The van der Waals surface area contributed by atoms with E-state index in [1.807, 2.05) is 0 Å². The summed E-state index contributed by atoms with van der Waals surface area (Å²) in [7, 11) is -5.82. The fourth-order valence-corrected chi connectivity index (χ4v) is 11.4. The largest absolute Gasteiger partial charge is 0.459 e. The zero-order chi connectivity index (χ0) is 31.5. The highest BCUT2D eigenvalue weighted by Gasteiger charge is 2.72. The van der Waals surface area contributed by atoms with Crippen molar-refractivity contribution in [2.45, 2.75) is 101 Å². The third-order valence-corrected chi connectivity index (χ3v) is 13.6. The fourth-order valence-electron chi connectivity index (χ4n) is 11.0. The third-order valence-electron chi connectivity index (χ3n) is 12.5. The molecular formula is C30H38F2O11S. The van der Waals surface area contributed by atoms with Crippen LogP contribution in [-0.2, 0) is 48.2 Å². The molecule has 6 aliphatic carbocycles. The number of carbonyl (C=O) groups is 4. The van der Waals surface area contributed by atoms with Crippen LogP contribution in [0.15, 0.2) is 0 Å². The molecule has 7 rings (SSSR count). The van der Waals surface area contributed by atoms with Crippen LogP contribution in [0.25, 0.3) is 0 Å². The van der Waals surface area contributed by atoms with Crippen molar-refractivity contribution in [3.63, 3.8) is 0 Å². The average molecular weight is 645 g/mol. The number of carbonyl (C=O) groups excluding carboxylic acids is 4. The first-order valence-corrected chi connectivity index (χ1v) is 17.3. The first-order chi connectivity index (χ1) is 20.7. The molecule has 1 saturated heterocycles. The zero-order valence-electron chi connectivity index (χ0n) is 24.6. The van der Waals surface area contributed by atoms with Crippen LogP contribution in [0.5, 0.6) is 0 Å². The molecule has 44 heavy (non-hydrogen) atoms. The van der Waals surface area contributed by atoms with Crippen molar-refractivity contribution < 1.29 is 59.9 Å². The second kappa shape index (κ2) is 10.1. The molecule has 1 heterocycles. The van der Waals surface area contributed by atoms with Crippen molar-refractivity contribution in [2.24, 2.45) is 59.2 Å². The Bertz CT molecular complexity index is 1380. The van der Waals surface area contributed by atoms with Crippen molar-refractivity contribution >= 4 is 34.0 Å². The lowest BCUT2D eigenvalue weighted by Crippen LogP contribution is -2.50. The van der Waals surface area contributed by atoms with E-state index in [1.54, 1.807) is 0 Å². The van der Waals surface area contributed by atoms with Gasteiger partial charge in [0.1, 0.15) is 17.8 Å². The lowest BCUT2D eigenvalue weighted by atomic mass is 9.65. The normalized spacial score (nSPS) is 44.9. The van der Waals surface area contributed by atoms with E-state index in [4.69, 9.17) is 18.8 Å². The number of hydrogen-bond acceptors (Lipinski definition) is 10. The molecule has 7 aliphatic rings. The lowest BCUT2D eigenvalue weighted by molar-refractivity contribution is -0.185.